The molecule has 30 heavy (non-hydrogen) atoms. The van der Waals surface area contributed by atoms with Gasteiger partial charge in [-0.15, -0.1) is 0 Å². The molecule has 2 N–H and O–H groups in total. The molecule has 3 rings (SSSR count). The first-order valence-corrected chi connectivity index (χ1v) is 10.0. The fourth-order valence-corrected chi connectivity index (χ4v) is 3.50. The maximum absolute atomic E-state index is 13.1. The molecule has 2 aromatic rings. The average Bonchev–Trinajstić information content (AvgIpc) is 2.74. The third-order valence-electron chi connectivity index (χ3n) is 4.91. The molecular formula is C21H22ClFN4O3. The topological polar surface area (TPSA) is 91.4 Å². The molecule has 1 fully saturated rings. The number of nitrogens with zero attached hydrogens (tertiary/aromatic N) is 2. The van der Waals surface area contributed by atoms with Gasteiger partial charge >= 0.3 is 0 Å². The van der Waals surface area contributed by atoms with E-state index in [0.717, 1.165) is 12.1 Å². The quantitative estimate of drug-likeness (QED) is 0.733. The van der Waals surface area contributed by atoms with Crippen LogP contribution >= 0.6 is 11.6 Å². The van der Waals surface area contributed by atoms with E-state index in [2.05, 4.69) is 15.6 Å². The van der Waals surface area contributed by atoms with Crippen molar-refractivity contribution in [1.82, 2.24) is 20.5 Å². The molecular weight excluding hydrogens is 411 g/mol. The summed E-state index contributed by atoms with van der Waals surface area (Å²) in [6.45, 7) is 1.23. The minimum atomic E-state index is -0.522. The normalized spacial score (nSPS) is 14.3. The zero-order chi connectivity index (χ0) is 21.5. The van der Waals surface area contributed by atoms with Crippen molar-refractivity contribution < 1.29 is 18.8 Å². The second-order valence-electron chi connectivity index (χ2n) is 7.00. The highest BCUT2D eigenvalue weighted by Gasteiger charge is 2.24. The summed E-state index contributed by atoms with van der Waals surface area (Å²) >= 11 is 5.87. The first kappa shape index (κ1) is 21.7. The summed E-state index contributed by atoms with van der Waals surface area (Å²) in [5.41, 5.74) is 0.670. The van der Waals surface area contributed by atoms with E-state index in [1.807, 2.05) is 0 Å². The molecule has 1 aliphatic heterocycles. The van der Waals surface area contributed by atoms with E-state index in [1.165, 1.54) is 12.3 Å². The molecule has 0 atom stereocenters. The Morgan fingerprint density at radius 2 is 1.93 bits per heavy atom. The van der Waals surface area contributed by atoms with Crippen LogP contribution in [0.1, 0.15) is 40.0 Å². The molecule has 1 aromatic heterocycles. The number of aromatic nitrogens is 1. The Bertz CT molecular complexity index is 918. The SMILES string of the molecule is O=C(NC1CCN(C(=O)CCNC(=O)c2ccc(F)cc2Cl)CC1)c1cccnc1. The minimum Gasteiger partial charge on any atom is -0.351 e. The van der Waals surface area contributed by atoms with Gasteiger partial charge in [0, 0.05) is 44.5 Å². The van der Waals surface area contributed by atoms with Gasteiger partial charge in [0.05, 0.1) is 16.1 Å². The van der Waals surface area contributed by atoms with Crippen LogP contribution in [-0.2, 0) is 4.79 Å². The van der Waals surface area contributed by atoms with Gasteiger partial charge in [0.1, 0.15) is 5.82 Å². The maximum atomic E-state index is 13.1. The van der Waals surface area contributed by atoms with Gasteiger partial charge in [-0.05, 0) is 43.2 Å². The molecule has 0 saturated carbocycles. The molecule has 7 nitrogen and oxygen atoms in total. The van der Waals surface area contributed by atoms with Crippen LogP contribution in [0.3, 0.4) is 0 Å². The number of benzene rings is 1. The van der Waals surface area contributed by atoms with E-state index < -0.39 is 11.7 Å². The van der Waals surface area contributed by atoms with Crippen molar-refractivity contribution >= 4 is 29.3 Å². The average molecular weight is 433 g/mol. The molecule has 1 aromatic carbocycles. The fourth-order valence-electron chi connectivity index (χ4n) is 3.25. The van der Waals surface area contributed by atoms with Crippen LogP contribution in [0.4, 0.5) is 4.39 Å². The second-order valence-corrected chi connectivity index (χ2v) is 7.41. The number of amides is 3. The first-order chi connectivity index (χ1) is 14.4. The van der Waals surface area contributed by atoms with Crippen LogP contribution in [0.5, 0.6) is 0 Å². The van der Waals surface area contributed by atoms with Gasteiger partial charge in [-0.1, -0.05) is 11.6 Å². The predicted octanol–water partition coefficient (Wildman–Crippen LogP) is 2.42. The van der Waals surface area contributed by atoms with Crippen molar-refractivity contribution in [3.63, 3.8) is 0 Å². The molecule has 0 radical (unpaired) electrons. The van der Waals surface area contributed by atoms with E-state index in [-0.39, 0.29) is 41.4 Å². The molecule has 1 aliphatic rings. The lowest BCUT2D eigenvalue weighted by molar-refractivity contribution is -0.132. The van der Waals surface area contributed by atoms with E-state index in [4.69, 9.17) is 11.6 Å². The monoisotopic (exact) mass is 432 g/mol. The highest BCUT2D eigenvalue weighted by molar-refractivity contribution is 6.33. The molecule has 0 unspecified atom stereocenters. The highest BCUT2D eigenvalue weighted by atomic mass is 35.5. The second kappa shape index (κ2) is 10.2. The van der Waals surface area contributed by atoms with Gasteiger partial charge < -0.3 is 15.5 Å². The molecule has 9 heteroatoms. The predicted molar refractivity (Wildman–Crippen MR) is 110 cm³/mol. The summed E-state index contributed by atoms with van der Waals surface area (Å²) in [4.78, 5) is 42.3. The minimum absolute atomic E-state index is 0.00192. The molecule has 1 saturated heterocycles. The number of carbonyl (C=O) groups is 3. The van der Waals surface area contributed by atoms with E-state index >= 15 is 0 Å². The Hall–Kier alpha value is -3.00. The number of likely N-dealkylation sites (tertiary alicyclic amines) is 1. The summed E-state index contributed by atoms with van der Waals surface area (Å²) < 4.78 is 13.1. The van der Waals surface area contributed by atoms with Crippen molar-refractivity contribution in [2.24, 2.45) is 0 Å². The Balaban J connectivity index is 1.39. The number of halogens is 2. The van der Waals surface area contributed by atoms with Gasteiger partial charge in [0.25, 0.3) is 11.8 Å². The van der Waals surface area contributed by atoms with Gasteiger partial charge in [-0.25, -0.2) is 4.39 Å². The summed E-state index contributed by atoms with van der Waals surface area (Å²) in [5, 5.41) is 5.62. The van der Waals surface area contributed by atoms with Crippen molar-refractivity contribution in [3.8, 4) is 0 Å². The largest absolute Gasteiger partial charge is 0.351 e. The number of hydrogen-bond donors (Lipinski definition) is 2. The summed E-state index contributed by atoms with van der Waals surface area (Å²) in [7, 11) is 0. The number of piperidine rings is 1. The standard InChI is InChI=1S/C21H22ClFN4O3/c22-18-12-15(23)3-4-17(18)21(30)25-9-5-19(28)27-10-6-16(7-11-27)26-20(29)14-2-1-8-24-13-14/h1-4,8,12-13,16H,5-7,9-11H2,(H,25,30)(H,26,29). The first-order valence-electron chi connectivity index (χ1n) is 9.66. The van der Waals surface area contributed by atoms with Crippen LogP contribution in [0.25, 0.3) is 0 Å². The molecule has 2 heterocycles. The molecule has 3 amide bonds. The van der Waals surface area contributed by atoms with Crippen molar-refractivity contribution in [2.75, 3.05) is 19.6 Å². The number of carbonyl (C=O) groups excluding carboxylic acids is 3. The zero-order valence-corrected chi connectivity index (χ0v) is 17.0. The number of hydrogen-bond acceptors (Lipinski definition) is 4. The Morgan fingerprint density at radius 1 is 1.17 bits per heavy atom. The fraction of sp³-hybridized carbons (Fsp3) is 0.333. The van der Waals surface area contributed by atoms with E-state index in [1.54, 1.807) is 23.2 Å². The third-order valence-corrected chi connectivity index (χ3v) is 5.22. The number of nitrogens with one attached hydrogen (secondary N) is 2. The van der Waals surface area contributed by atoms with Gasteiger partial charge in [-0.3, -0.25) is 19.4 Å². The Morgan fingerprint density at radius 3 is 2.60 bits per heavy atom. The summed E-state index contributed by atoms with van der Waals surface area (Å²) in [5.74, 6) is -1.22. The lowest BCUT2D eigenvalue weighted by Crippen LogP contribution is -2.47. The molecule has 0 bridgehead atoms. The van der Waals surface area contributed by atoms with Crippen LogP contribution in [0.2, 0.25) is 5.02 Å². The molecule has 0 aliphatic carbocycles. The van der Waals surface area contributed by atoms with Crippen molar-refractivity contribution in [1.29, 1.82) is 0 Å². The van der Waals surface area contributed by atoms with Crippen LogP contribution in [0.15, 0.2) is 42.7 Å². The van der Waals surface area contributed by atoms with Gasteiger partial charge in [0.2, 0.25) is 5.91 Å². The lowest BCUT2D eigenvalue weighted by atomic mass is 10.0. The smallest absolute Gasteiger partial charge is 0.253 e. The molecule has 158 valence electrons. The Labute approximate surface area is 178 Å². The third kappa shape index (κ3) is 5.76. The van der Waals surface area contributed by atoms with E-state index in [9.17, 15) is 18.8 Å². The van der Waals surface area contributed by atoms with Crippen LogP contribution in [-0.4, -0.2) is 53.3 Å². The molecule has 0 spiro atoms. The van der Waals surface area contributed by atoms with Crippen LogP contribution < -0.4 is 10.6 Å². The van der Waals surface area contributed by atoms with Crippen molar-refractivity contribution in [2.45, 2.75) is 25.3 Å². The summed E-state index contributed by atoms with van der Waals surface area (Å²) in [6, 6.07) is 6.94. The maximum Gasteiger partial charge on any atom is 0.253 e. The lowest BCUT2D eigenvalue weighted by Gasteiger charge is -2.32. The van der Waals surface area contributed by atoms with Crippen molar-refractivity contribution in [3.05, 3.63) is 64.7 Å². The number of rotatable bonds is 6. The zero-order valence-electron chi connectivity index (χ0n) is 16.2. The summed E-state index contributed by atoms with van der Waals surface area (Å²) in [6.07, 6.45) is 4.60. The number of pyridine rings is 1. The van der Waals surface area contributed by atoms with Crippen LogP contribution in [0, 0.1) is 5.82 Å². The Kier molecular flexibility index (Phi) is 7.35. The highest BCUT2D eigenvalue weighted by Crippen LogP contribution is 2.17. The van der Waals surface area contributed by atoms with Gasteiger partial charge in [0.15, 0.2) is 0 Å². The van der Waals surface area contributed by atoms with E-state index in [0.29, 0.717) is 31.5 Å². The van der Waals surface area contributed by atoms with Gasteiger partial charge in [-0.2, -0.15) is 0 Å².